The van der Waals surface area contributed by atoms with Gasteiger partial charge in [-0.05, 0) is 47.8 Å². The molecule has 4 rings (SSSR count). The van der Waals surface area contributed by atoms with Crippen molar-refractivity contribution in [1.82, 2.24) is 4.31 Å². The topological polar surface area (TPSA) is 55.8 Å². The summed E-state index contributed by atoms with van der Waals surface area (Å²) in [7, 11) is -0.240. The Labute approximate surface area is 185 Å². The number of methoxy groups -OCH3 is 2. The molecule has 0 spiro atoms. The first-order valence-electron chi connectivity index (χ1n) is 10.4. The average molecular weight is 440 g/mol. The predicted molar refractivity (Wildman–Crippen MR) is 122 cm³/mol. The largest absolute Gasteiger partial charge is 0.380 e. The van der Waals surface area contributed by atoms with Crippen LogP contribution in [-0.2, 0) is 24.9 Å². The van der Waals surface area contributed by atoms with Crippen molar-refractivity contribution in [2.45, 2.75) is 23.7 Å². The molecule has 0 saturated carbocycles. The zero-order chi connectivity index (χ0) is 22.1. The Morgan fingerprint density at radius 2 is 1.65 bits per heavy atom. The van der Waals surface area contributed by atoms with Crippen molar-refractivity contribution >= 4 is 10.0 Å². The summed E-state index contributed by atoms with van der Waals surface area (Å²) in [5, 5.41) is 0. The molecule has 2 aromatic rings. The molecular weight excluding hydrogens is 410 g/mol. The summed E-state index contributed by atoms with van der Waals surface area (Å²) in [6, 6.07) is 17.3. The Hall–Kier alpha value is -2.25. The van der Waals surface area contributed by atoms with Crippen LogP contribution in [0.4, 0.5) is 0 Å². The minimum absolute atomic E-state index is 0.336. The maximum absolute atomic E-state index is 13.5. The molecule has 0 bridgehead atoms. The Bertz CT molecular complexity index is 1100. The number of ether oxygens (including phenoxy) is 2. The van der Waals surface area contributed by atoms with Crippen LogP contribution in [0, 0.1) is 6.92 Å². The van der Waals surface area contributed by atoms with Crippen LogP contribution in [0.15, 0.2) is 82.3 Å². The van der Waals surface area contributed by atoms with E-state index in [0.717, 1.165) is 34.3 Å². The van der Waals surface area contributed by atoms with Crippen LogP contribution in [0.1, 0.15) is 17.5 Å². The van der Waals surface area contributed by atoms with Crippen LogP contribution in [0.25, 0.3) is 0 Å². The predicted octanol–water partition coefficient (Wildman–Crippen LogP) is 3.86. The van der Waals surface area contributed by atoms with E-state index in [1.54, 1.807) is 30.7 Å². The number of nitrogens with zero attached hydrogens (tertiary/aromatic N) is 1. The third-order valence-electron chi connectivity index (χ3n) is 6.33. The first-order chi connectivity index (χ1) is 14.9. The van der Waals surface area contributed by atoms with Crippen LogP contribution >= 0.6 is 0 Å². The molecular formula is C25H29NO4S. The molecule has 2 aromatic carbocycles. The monoisotopic (exact) mass is 439 g/mol. The second kappa shape index (κ2) is 8.71. The fraction of sp³-hybridized carbons (Fsp3) is 0.360. The van der Waals surface area contributed by atoms with Gasteiger partial charge in [0, 0.05) is 32.7 Å². The molecule has 1 heterocycles. The molecule has 0 unspecified atom stereocenters. The molecule has 0 N–H and O–H groups in total. The van der Waals surface area contributed by atoms with Crippen molar-refractivity contribution in [2.24, 2.45) is 0 Å². The Morgan fingerprint density at radius 1 is 0.968 bits per heavy atom. The third kappa shape index (κ3) is 4.01. The number of fused-ring (bicyclic) bond motifs is 1. The van der Waals surface area contributed by atoms with Gasteiger partial charge in [0.1, 0.15) is 0 Å². The summed E-state index contributed by atoms with van der Waals surface area (Å²) in [5.41, 5.74) is 5.13. The number of benzene rings is 2. The summed E-state index contributed by atoms with van der Waals surface area (Å²) in [5.74, 6) is 0. The van der Waals surface area contributed by atoms with Gasteiger partial charge < -0.3 is 9.47 Å². The molecule has 1 aliphatic heterocycles. The minimum atomic E-state index is -3.61. The minimum Gasteiger partial charge on any atom is -0.380 e. The smallest absolute Gasteiger partial charge is 0.243 e. The van der Waals surface area contributed by atoms with Gasteiger partial charge in [0.2, 0.25) is 10.0 Å². The van der Waals surface area contributed by atoms with Crippen LogP contribution in [0.2, 0.25) is 0 Å². The molecule has 1 fully saturated rings. The van der Waals surface area contributed by atoms with Crippen LogP contribution in [0.5, 0.6) is 0 Å². The number of aryl methyl sites for hydroxylation is 1. The summed E-state index contributed by atoms with van der Waals surface area (Å²) in [4.78, 5) is 0.336. The molecule has 2 aliphatic rings. The molecule has 6 heteroatoms. The number of rotatable bonds is 7. The van der Waals surface area contributed by atoms with E-state index in [1.165, 1.54) is 0 Å². The van der Waals surface area contributed by atoms with Crippen molar-refractivity contribution in [1.29, 1.82) is 0 Å². The lowest BCUT2D eigenvalue weighted by atomic mass is 9.68. The molecule has 1 atom stereocenters. The molecule has 5 nitrogen and oxygen atoms in total. The molecule has 164 valence electrons. The second-order valence-electron chi connectivity index (χ2n) is 8.38. The zero-order valence-electron chi connectivity index (χ0n) is 18.3. The fourth-order valence-corrected chi connectivity index (χ4v) is 6.20. The van der Waals surface area contributed by atoms with Crippen molar-refractivity contribution < 1.29 is 17.9 Å². The standard InChI is InChI=1S/C25H29NO4S/c1-19-9-11-24(12-10-19)31(27,28)26-15-23-13-20(16-29-2)21(17-30-3)14-25(23,18-26)22-7-5-4-6-8-22/h4-13H,14-18H2,1-3H3/t25-/m0/s1. The average Bonchev–Trinajstić information content (AvgIpc) is 3.16. The van der Waals surface area contributed by atoms with Crippen LogP contribution in [-0.4, -0.2) is 53.2 Å². The Balaban J connectivity index is 1.79. The van der Waals surface area contributed by atoms with Gasteiger partial charge in [0.15, 0.2) is 0 Å². The van der Waals surface area contributed by atoms with Gasteiger partial charge in [-0.15, -0.1) is 0 Å². The van der Waals surface area contributed by atoms with E-state index >= 15 is 0 Å². The number of sulfonamides is 1. The first kappa shape index (κ1) is 22.0. The SMILES string of the molecule is COCC1=C(COC)C[C@@]2(c3ccccc3)CN(S(=O)(=O)c3ccc(C)cc3)CC2=C1. The Morgan fingerprint density at radius 3 is 2.29 bits per heavy atom. The maximum Gasteiger partial charge on any atom is 0.243 e. The zero-order valence-corrected chi connectivity index (χ0v) is 19.1. The van der Waals surface area contributed by atoms with E-state index in [9.17, 15) is 8.42 Å². The van der Waals surface area contributed by atoms with Gasteiger partial charge in [0.05, 0.1) is 18.1 Å². The summed E-state index contributed by atoms with van der Waals surface area (Å²) >= 11 is 0. The Kier molecular flexibility index (Phi) is 6.17. The van der Waals surface area contributed by atoms with E-state index in [4.69, 9.17) is 9.47 Å². The van der Waals surface area contributed by atoms with Crippen molar-refractivity contribution in [3.8, 4) is 0 Å². The van der Waals surface area contributed by atoms with Gasteiger partial charge in [-0.2, -0.15) is 4.31 Å². The van der Waals surface area contributed by atoms with Crippen LogP contribution in [0.3, 0.4) is 0 Å². The first-order valence-corrected chi connectivity index (χ1v) is 11.9. The number of hydrogen-bond donors (Lipinski definition) is 0. The van der Waals surface area contributed by atoms with Gasteiger partial charge in [-0.1, -0.05) is 54.1 Å². The highest BCUT2D eigenvalue weighted by Crippen LogP contribution is 2.48. The van der Waals surface area contributed by atoms with E-state index < -0.39 is 15.4 Å². The summed E-state index contributed by atoms with van der Waals surface area (Å²) in [6.45, 7) is 3.72. The van der Waals surface area contributed by atoms with E-state index in [0.29, 0.717) is 31.2 Å². The van der Waals surface area contributed by atoms with Gasteiger partial charge >= 0.3 is 0 Å². The van der Waals surface area contributed by atoms with Crippen LogP contribution < -0.4 is 0 Å². The molecule has 1 saturated heterocycles. The van der Waals surface area contributed by atoms with Crippen molar-refractivity contribution in [2.75, 3.05) is 40.5 Å². The molecule has 0 radical (unpaired) electrons. The number of hydrogen-bond acceptors (Lipinski definition) is 4. The highest BCUT2D eigenvalue weighted by molar-refractivity contribution is 7.89. The molecule has 1 aliphatic carbocycles. The van der Waals surface area contributed by atoms with Crippen molar-refractivity contribution in [3.05, 3.63) is 88.5 Å². The lowest BCUT2D eigenvalue weighted by Crippen LogP contribution is -2.37. The summed E-state index contributed by atoms with van der Waals surface area (Å²) < 4.78 is 39.6. The second-order valence-corrected chi connectivity index (χ2v) is 10.3. The van der Waals surface area contributed by atoms with Gasteiger partial charge in [-0.3, -0.25) is 0 Å². The molecule has 31 heavy (non-hydrogen) atoms. The highest BCUT2D eigenvalue weighted by Gasteiger charge is 2.49. The molecule has 0 amide bonds. The summed E-state index contributed by atoms with van der Waals surface area (Å²) in [6.07, 6.45) is 2.86. The van der Waals surface area contributed by atoms with Gasteiger partial charge in [0.25, 0.3) is 0 Å². The van der Waals surface area contributed by atoms with Crippen molar-refractivity contribution in [3.63, 3.8) is 0 Å². The van der Waals surface area contributed by atoms with Gasteiger partial charge in [-0.25, -0.2) is 8.42 Å². The third-order valence-corrected chi connectivity index (χ3v) is 8.13. The van der Waals surface area contributed by atoms with E-state index in [2.05, 4.69) is 18.2 Å². The van der Waals surface area contributed by atoms with E-state index in [1.807, 2.05) is 37.3 Å². The quantitative estimate of drug-likeness (QED) is 0.658. The maximum atomic E-state index is 13.5. The molecule has 0 aromatic heterocycles. The fourth-order valence-electron chi connectivity index (χ4n) is 4.73. The highest BCUT2D eigenvalue weighted by atomic mass is 32.2. The lowest BCUT2D eigenvalue weighted by Gasteiger charge is -2.36. The lowest BCUT2D eigenvalue weighted by molar-refractivity contribution is 0.206. The normalized spacial score (nSPS) is 21.8. The van der Waals surface area contributed by atoms with E-state index in [-0.39, 0.29) is 0 Å².